The van der Waals surface area contributed by atoms with E-state index in [1.54, 1.807) is 0 Å². The normalized spacial score (nSPS) is 21.0. The largest absolute Gasteiger partial charge is 0.426 e. The lowest BCUT2D eigenvalue weighted by molar-refractivity contribution is -0.134. The molecule has 0 aliphatic heterocycles. The van der Waals surface area contributed by atoms with Gasteiger partial charge in [-0.1, -0.05) is 109 Å². The van der Waals surface area contributed by atoms with Crippen molar-refractivity contribution in [2.24, 2.45) is 17.3 Å². The van der Waals surface area contributed by atoms with Gasteiger partial charge in [-0.05, 0) is 128 Å². The highest BCUT2D eigenvalue weighted by Gasteiger charge is 2.41. The van der Waals surface area contributed by atoms with Gasteiger partial charge in [0.1, 0.15) is 5.75 Å². The van der Waals surface area contributed by atoms with Crippen molar-refractivity contribution in [2.75, 3.05) is 0 Å². The summed E-state index contributed by atoms with van der Waals surface area (Å²) in [5, 5.41) is 0. The Hall–Kier alpha value is -2.09. The molecule has 2 heteroatoms. The molecule has 1 atom stereocenters. The van der Waals surface area contributed by atoms with E-state index in [9.17, 15) is 4.79 Å². The van der Waals surface area contributed by atoms with E-state index in [4.69, 9.17) is 4.74 Å². The molecule has 0 saturated heterocycles. The summed E-state index contributed by atoms with van der Waals surface area (Å²) in [6.45, 7) is 11.4. The van der Waals surface area contributed by atoms with Crippen LogP contribution < -0.4 is 4.74 Å². The molecular formula is C41H62O2. The third-order valence-electron chi connectivity index (χ3n) is 11.4. The Balaban J connectivity index is 1.33. The Morgan fingerprint density at radius 3 is 2.07 bits per heavy atom. The lowest BCUT2D eigenvalue weighted by Gasteiger charge is -2.47. The molecule has 2 saturated carbocycles. The van der Waals surface area contributed by atoms with Gasteiger partial charge in [0.05, 0.1) is 0 Å². The van der Waals surface area contributed by atoms with Gasteiger partial charge in [0.2, 0.25) is 0 Å². The first-order valence-corrected chi connectivity index (χ1v) is 18.3. The molecule has 0 heterocycles. The summed E-state index contributed by atoms with van der Waals surface area (Å²) in [5.74, 6) is 2.97. The number of hydrogen-bond acceptors (Lipinski definition) is 2. The third-order valence-corrected chi connectivity index (χ3v) is 11.4. The third kappa shape index (κ3) is 9.21. The topological polar surface area (TPSA) is 26.3 Å². The smallest absolute Gasteiger partial charge is 0.311 e. The van der Waals surface area contributed by atoms with Crippen LogP contribution in [0.25, 0.3) is 11.1 Å². The minimum atomic E-state index is -0.110. The Kier molecular flexibility index (Phi) is 13.2. The van der Waals surface area contributed by atoms with Gasteiger partial charge in [0.15, 0.2) is 0 Å². The van der Waals surface area contributed by atoms with Crippen molar-refractivity contribution >= 4 is 5.97 Å². The van der Waals surface area contributed by atoms with Gasteiger partial charge in [-0.3, -0.25) is 4.79 Å². The molecule has 0 aromatic heterocycles. The maximum atomic E-state index is 12.4. The lowest BCUT2D eigenvalue weighted by atomic mass is 9.58. The van der Waals surface area contributed by atoms with E-state index in [1.807, 2.05) is 13.0 Å². The lowest BCUT2D eigenvalue weighted by Crippen LogP contribution is -2.36. The molecule has 2 aromatic carbocycles. The van der Waals surface area contributed by atoms with Crippen molar-refractivity contribution < 1.29 is 9.53 Å². The molecule has 0 amide bonds. The average Bonchev–Trinajstić information content (AvgIpc) is 3.02. The fourth-order valence-electron chi connectivity index (χ4n) is 8.69. The molecule has 0 spiro atoms. The Morgan fingerprint density at radius 2 is 1.42 bits per heavy atom. The first-order valence-electron chi connectivity index (χ1n) is 18.3. The molecule has 2 fully saturated rings. The number of carbonyl (C=O) groups excluding carboxylic acids is 1. The Morgan fingerprint density at radius 1 is 0.791 bits per heavy atom. The van der Waals surface area contributed by atoms with Crippen molar-refractivity contribution in [1.82, 2.24) is 0 Å². The van der Waals surface area contributed by atoms with E-state index in [-0.39, 0.29) is 5.97 Å². The van der Waals surface area contributed by atoms with Gasteiger partial charge in [0.25, 0.3) is 0 Å². The monoisotopic (exact) mass is 586 g/mol. The second-order valence-corrected chi connectivity index (χ2v) is 14.5. The van der Waals surface area contributed by atoms with Gasteiger partial charge in [-0.2, -0.15) is 0 Å². The maximum absolute atomic E-state index is 12.4. The van der Waals surface area contributed by atoms with E-state index in [0.717, 1.165) is 30.2 Å². The number of esters is 1. The zero-order valence-corrected chi connectivity index (χ0v) is 28.4. The van der Waals surface area contributed by atoms with Gasteiger partial charge in [0, 0.05) is 6.42 Å². The van der Waals surface area contributed by atoms with Crippen LogP contribution in [0.5, 0.6) is 5.75 Å². The predicted octanol–water partition coefficient (Wildman–Crippen LogP) is 12.7. The Bertz CT molecular complexity index is 1130. The molecule has 2 aromatic rings. The second-order valence-electron chi connectivity index (χ2n) is 14.5. The van der Waals surface area contributed by atoms with E-state index < -0.39 is 0 Å². The number of ether oxygens (including phenoxy) is 1. The zero-order valence-electron chi connectivity index (χ0n) is 28.4. The second kappa shape index (κ2) is 16.8. The highest BCUT2D eigenvalue weighted by molar-refractivity contribution is 5.74. The van der Waals surface area contributed by atoms with Gasteiger partial charge in [-0.15, -0.1) is 0 Å². The van der Waals surface area contributed by atoms with Crippen LogP contribution in [0.4, 0.5) is 0 Å². The molecule has 43 heavy (non-hydrogen) atoms. The van der Waals surface area contributed by atoms with Crippen molar-refractivity contribution in [1.29, 1.82) is 0 Å². The van der Waals surface area contributed by atoms with E-state index >= 15 is 0 Å². The summed E-state index contributed by atoms with van der Waals surface area (Å²) in [7, 11) is 0. The van der Waals surface area contributed by atoms with Crippen molar-refractivity contribution in [3.8, 4) is 16.9 Å². The summed E-state index contributed by atoms with van der Waals surface area (Å²) in [6, 6.07) is 13.3. The average molecular weight is 587 g/mol. The molecule has 238 valence electrons. The van der Waals surface area contributed by atoms with E-state index in [1.165, 1.54) is 125 Å². The molecule has 2 aliphatic rings. The molecule has 2 nitrogen and oxygen atoms in total. The maximum Gasteiger partial charge on any atom is 0.311 e. The molecule has 2 aliphatic carbocycles. The molecule has 0 N–H and O–H groups in total. The SMILES string of the molecule is CCCCCCCC(=O)Oc1ccc(-c2ccc(C(C)C3CCC(C4(CCCCC)CCCCC4)CC3)c(C)c2)cc1C. The number of aryl methyl sites for hydroxylation is 2. The molecular weight excluding hydrogens is 524 g/mol. The van der Waals surface area contributed by atoms with Crippen molar-refractivity contribution in [2.45, 2.75) is 163 Å². The number of benzene rings is 2. The first-order chi connectivity index (χ1) is 20.9. The highest BCUT2D eigenvalue weighted by atomic mass is 16.5. The fourth-order valence-corrected chi connectivity index (χ4v) is 8.69. The van der Waals surface area contributed by atoms with Crippen LogP contribution >= 0.6 is 0 Å². The van der Waals surface area contributed by atoms with Crippen LogP contribution in [0.3, 0.4) is 0 Å². The minimum Gasteiger partial charge on any atom is -0.426 e. The van der Waals surface area contributed by atoms with Crippen LogP contribution in [0.1, 0.15) is 165 Å². The zero-order chi connectivity index (χ0) is 30.7. The highest BCUT2D eigenvalue weighted by Crippen LogP contribution is 2.53. The van der Waals surface area contributed by atoms with Crippen LogP contribution in [0.2, 0.25) is 0 Å². The molecule has 0 radical (unpaired) electrons. The van der Waals surface area contributed by atoms with Gasteiger partial charge >= 0.3 is 5.97 Å². The number of unbranched alkanes of at least 4 members (excludes halogenated alkanes) is 6. The van der Waals surface area contributed by atoms with Crippen LogP contribution in [0.15, 0.2) is 36.4 Å². The van der Waals surface area contributed by atoms with Crippen molar-refractivity contribution in [3.05, 3.63) is 53.1 Å². The number of carbonyl (C=O) groups is 1. The van der Waals surface area contributed by atoms with Crippen LogP contribution in [-0.2, 0) is 4.79 Å². The molecule has 0 bridgehead atoms. The summed E-state index contributed by atoms with van der Waals surface area (Å²) < 4.78 is 5.72. The van der Waals surface area contributed by atoms with E-state index in [2.05, 4.69) is 58.0 Å². The summed E-state index contributed by atoms with van der Waals surface area (Å²) in [6.07, 6.45) is 25.0. The summed E-state index contributed by atoms with van der Waals surface area (Å²) in [5.41, 5.74) is 7.07. The summed E-state index contributed by atoms with van der Waals surface area (Å²) >= 11 is 0. The Labute approximate surface area is 264 Å². The van der Waals surface area contributed by atoms with Gasteiger partial charge in [-0.25, -0.2) is 0 Å². The van der Waals surface area contributed by atoms with Crippen LogP contribution in [0, 0.1) is 31.1 Å². The van der Waals surface area contributed by atoms with Crippen molar-refractivity contribution in [3.63, 3.8) is 0 Å². The minimum absolute atomic E-state index is 0.110. The fraction of sp³-hybridized carbons (Fsp3) is 0.683. The number of rotatable bonds is 15. The quantitative estimate of drug-likeness (QED) is 0.118. The molecule has 4 rings (SSSR count). The standard InChI is InChI=1S/C41H62O2/c1-6-8-10-11-13-17-40(42)43-39-25-21-36(30-32(39)4)35-20-24-38(31(3)29-35)33(5)34-18-22-37(23-19-34)41(26-14-9-7-2)27-15-12-16-28-41/h20-21,24-25,29-30,33-34,37H,6-19,22-23,26-28H2,1-5H3. The summed E-state index contributed by atoms with van der Waals surface area (Å²) in [4.78, 5) is 12.4. The first kappa shape index (κ1) is 33.8. The predicted molar refractivity (Wildman–Crippen MR) is 184 cm³/mol. The number of hydrogen-bond donors (Lipinski definition) is 0. The van der Waals surface area contributed by atoms with E-state index in [0.29, 0.717) is 23.5 Å². The van der Waals surface area contributed by atoms with Gasteiger partial charge < -0.3 is 4.74 Å². The molecule has 1 unspecified atom stereocenters. The van der Waals surface area contributed by atoms with Crippen LogP contribution in [-0.4, -0.2) is 5.97 Å².